The molecule has 2 aromatic heterocycles. The Hall–Kier alpha value is -3.50. The second-order valence-electron chi connectivity index (χ2n) is 13.1. The molecule has 46 heavy (non-hydrogen) atoms. The number of nitrogens with one attached hydrogen (secondary N) is 1. The van der Waals surface area contributed by atoms with Crippen LogP contribution in [0.4, 0.5) is 19.6 Å². The van der Waals surface area contributed by atoms with Crippen molar-refractivity contribution in [3.8, 4) is 29.0 Å². The molecule has 0 bridgehead atoms. The quantitative estimate of drug-likeness (QED) is 0.267. The lowest BCUT2D eigenvalue weighted by molar-refractivity contribution is 0.107. The Morgan fingerprint density at radius 3 is 2.98 bits per heavy atom. The van der Waals surface area contributed by atoms with Gasteiger partial charge in [0.05, 0.1) is 32.8 Å². The van der Waals surface area contributed by atoms with Crippen molar-refractivity contribution < 1.29 is 18.3 Å². The Labute approximate surface area is 274 Å². The number of ether oxygens (including phenoxy) is 2. The van der Waals surface area contributed by atoms with E-state index < -0.39 is 11.6 Å². The molecule has 4 aromatic rings. The van der Waals surface area contributed by atoms with Gasteiger partial charge >= 0.3 is 6.01 Å². The highest BCUT2D eigenvalue weighted by atomic mass is 35.5. The van der Waals surface area contributed by atoms with Crippen molar-refractivity contribution in [2.75, 3.05) is 56.6 Å². The van der Waals surface area contributed by atoms with Gasteiger partial charge in [-0.25, -0.2) is 8.78 Å². The highest BCUT2D eigenvalue weighted by Gasteiger charge is 2.48. The number of hydrogen-bond donors (Lipinski definition) is 2. The van der Waals surface area contributed by atoms with Crippen molar-refractivity contribution in [2.24, 2.45) is 5.92 Å². The van der Waals surface area contributed by atoms with E-state index in [0.717, 1.165) is 63.2 Å². The minimum Gasteiger partial charge on any atom is -0.491 e. The maximum atomic E-state index is 17.2. The number of nitrogens with two attached hydrogens (primary N) is 1. The van der Waals surface area contributed by atoms with Gasteiger partial charge in [0, 0.05) is 43.0 Å². The van der Waals surface area contributed by atoms with Gasteiger partial charge in [0.2, 0.25) is 0 Å². The second kappa shape index (κ2) is 11.3. The maximum absolute atomic E-state index is 17.2. The van der Waals surface area contributed by atoms with E-state index in [4.69, 9.17) is 36.8 Å². The average molecular weight is 666 g/mol. The fraction of sp³-hybridized carbons (Fsp3) is 0.485. The summed E-state index contributed by atoms with van der Waals surface area (Å²) in [5.74, 6) is 0.0807. The van der Waals surface area contributed by atoms with Crippen LogP contribution < -0.4 is 25.4 Å². The van der Waals surface area contributed by atoms with Gasteiger partial charge in [-0.15, -0.1) is 11.3 Å². The molecule has 0 spiro atoms. The number of hydrogen-bond acceptors (Lipinski definition) is 10. The van der Waals surface area contributed by atoms with E-state index in [9.17, 15) is 9.65 Å². The largest absolute Gasteiger partial charge is 0.491 e. The summed E-state index contributed by atoms with van der Waals surface area (Å²) in [5, 5.41) is 14.2. The molecule has 0 amide bonds. The summed E-state index contributed by atoms with van der Waals surface area (Å²) in [7, 11) is 0. The van der Waals surface area contributed by atoms with Crippen LogP contribution in [-0.2, 0) is 0 Å². The number of anilines is 2. The molecule has 3 N–H and O–H groups in total. The zero-order valence-electron chi connectivity index (χ0n) is 25.5. The molecule has 0 saturated carbocycles. The fourth-order valence-electron chi connectivity index (χ4n) is 8.18. The third kappa shape index (κ3) is 4.58. The number of nitrogen functional groups attached to an aromatic ring is 1. The van der Waals surface area contributed by atoms with Crippen molar-refractivity contribution in [1.29, 1.82) is 5.26 Å². The predicted molar refractivity (Wildman–Crippen MR) is 176 cm³/mol. The first-order chi connectivity index (χ1) is 22.3. The molecule has 8 rings (SSSR count). The highest BCUT2D eigenvalue weighted by molar-refractivity contribution is 7.23. The first-order valence-electron chi connectivity index (χ1n) is 15.9. The lowest BCUT2D eigenvalue weighted by atomic mass is 9.92. The third-order valence-electron chi connectivity index (χ3n) is 10.2. The minimum atomic E-state index is -0.720. The van der Waals surface area contributed by atoms with Gasteiger partial charge in [0.1, 0.15) is 34.8 Å². The van der Waals surface area contributed by atoms with Crippen LogP contribution in [0.25, 0.3) is 32.1 Å². The Morgan fingerprint density at radius 2 is 2.13 bits per heavy atom. The van der Waals surface area contributed by atoms with Crippen LogP contribution in [0.15, 0.2) is 12.1 Å². The van der Waals surface area contributed by atoms with Gasteiger partial charge in [0.15, 0.2) is 11.6 Å². The van der Waals surface area contributed by atoms with Gasteiger partial charge in [-0.3, -0.25) is 4.90 Å². The molecule has 3 atom stereocenters. The summed E-state index contributed by atoms with van der Waals surface area (Å²) in [6.07, 6.45) is 4.75. The Balaban J connectivity index is 1.36. The maximum Gasteiger partial charge on any atom is 0.319 e. The van der Waals surface area contributed by atoms with Gasteiger partial charge < -0.3 is 25.4 Å². The number of fused-ring (bicyclic) bond motifs is 4. The van der Waals surface area contributed by atoms with Crippen LogP contribution in [-0.4, -0.2) is 72.4 Å². The van der Waals surface area contributed by atoms with Crippen LogP contribution in [0, 0.1) is 28.9 Å². The zero-order chi connectivity index (χ0) is 31.7. The van der Waals surface area contributed by atoms with E-state index in [1.54, 1.807) is 0 Å². The van der Waals surface area contributed by atoms with E-state index >= 15 is 4.39 Å². The van der Waals surface area contributed by atoms with Gasteiger partial charge in [-0.1, -0.05) is 24.6 Å². The Kier molecular flexibility index (Phi) is 7.36. The van der Waals surface area contributed by atoms with Crippen molar-refractivity contribution in [2.45, 2.75) is 50.6 Å². The number of nitrogens with zero attached hydrogens (tertiary/aromatic N) is 5. The van der Waals surface area contributed by atoms with E-state index in [0.29, 0.717) is 43.3 Å². The van der Waals surface area contributed by atoms with E-state index in [1.165, 1.54) is 12.1 Å². The summed E-state index contributed by atoms with van der Waals surface area (Å²) < 4.78 is 45.1. The summed E-state index contributed by atoms with van der Waals surface area (Å²) in [6.45, 7) is 7.39. The average Bonchev–Trinajstić information content (AvgIpc) is 3.61. The zero-order valence-corrected chi connectivity index (χ0v) is 27.0. The lowest BCUT2D eigenvalue weighted by Crippen LogP contribution is -2.44. The third-order valence-corrected chi connectivity index (χ3v) is 11.5. The van der Waals surface area contributed by atoms with Crippen molar-refractivity contribution in [1.82, 2.24) is 20.2 Å². The minimum absolute atomic E-state index is 0.00649. The fourth-order valence-corrected chi connectivity index (χ4v) is 9.46. The number of aromatic nitrogens is 2. The van der Waals surface area contributed by atoms with Crippen LogP contribution in [0.3, 0.4) is 0 Å². The van der Waals surface area contributed by atoms with Gasteiger partial charge in [-0.2, -0.15) is 15.2 Å². The molecule has 4 aliphatic heterocycles. The van der Waals surface area contributed by atoms with Gasteiger partial charge in [0.25, 0.3) is 0 Å². The highest BCUT2D eigenvalue weighted by Crippen LogP contribution is 2.51. The standard InChI is InChI=1S/C33H34ClF2N7O2S/c1-17-12-33(7-2-9-42(33)15-17)16-45-32-40-27-24-28(44-11-6-18-14-39-8-3-10-43(18)31(24)41-32)25(34)23(26(27)36)19-4-5-21(35)29-22(19)20(13-37)30(38)46-29/h4-5,17-18,39H,2-3,6-12,14-16,38H2,1H3/t17-,18?,33+/m1/s1. The molecule has 13 heteroatoms. The second-order valence-corrected chi connectivity index (χ2v) is 14.5. The van der Waals surface area contributed by atoms with E-state index in [2.05, 4.69) is 28.1 Å². The van der Waals surface area contributed by atoms with Crippen molar-refractivity contribution in [3.05, 3.63) is 34.4 Å². The van der Waals surface area contributed by atoms with Crippen molar-refractivity contribution in [3.63, 3.8) is 0 Å². The molecular weight excluding hydrogens is 632 g/mol. The smallest absolute Gasteiger partial charge is 0.319 e. The van der Waals surface area contributed by atoms with Crippen LogP contribution >= 0.6 is 22.9 Å². The Bertz CT molecular complexity index is 1930. The molecule has 2 aromatic carbocycles. The number of halogens is 3. The monoisotopic (exact) mass is 665 g/mol. The molecular formula is C33H34ClF2N7O2S. The van der Waals surface area contributed by atoms with Crippen LogP contribution in [0.5, 0.6) is 11.8 Å². The van der Waals surface area contributed by atoms with E-state index in [-0.39, 0.29) is 65.7 Å². The summed E-state index contributed by atoms with van der Waals surface area (Å²) in [4.78, 5) is 14.4. The SMILES string of the molecule is C[C@H]1CN2CCC[C@@]2(COc2nc3c4c(c(Cl)c(-c5ccc(F)c6sc(N)c(C#N)c56)c(F)c4n2)OCCC2CNCCCN32)C1. The molecule has 1 unspecified atom stereocenters. The van der Waals surface area contributed by atoms with Gasteiger partial charge in [-0.05, 0) is 56.3 Å². The van der Waals surface area contributed by atoms with E-state index in [1.807, 2.05) is 0 Å². The molecule has 0 radical (unpaired) electrons. The first kappa shape index (κ1) is 29.9. The normalized spacial score (nSPS) is 24.6. The molecule has 0 aliphatic carbocycles. The van der Waals surface area contributed by atoms with Crippen LogP contribution in [0.1, 0.15) is 44.6 Å². The molecule has 9 nitrogen and oxygen atoms in total. The predicted octanol–water partition coefficient (Wildman–Crippen LogP) is 6.10. The molecule has 6 heterocycles. The number of rotatable bonds is 4. The summed E-state index contributed by atoms with van der Waals surface area (Å²) >= 11 is 8.02. The first-order valence-corrected chi connectivity index (χ1v) is 17.1. The van der Waals surface area contributed by atoms with Crippen molar-refractivity contribution >= 4 is 54.7 Å². The molecule has 4 aliphatic rings. The molecule has 3 saturated heterocycles. The summed E-state index contributed by atoms with van der Waals surface area (Å²) in [5.41, 5.74) is 6.34. The summed E-state index contributed by atoms with van der Waals surface area (Å²) in [6, 6.07) is 4.90. The topological polar surface area (TPSA) is 113 Å². The number of benzene rings is 2. The Morgan fingerprint density at radius 1 is 1.26 bits per heavy atom. The molecule has 240 valence electrons. The van der Waals surface area contributed by atoms with Crippen LogP contribution in [0.2, 0.25) is 5.02 Å². The number of thiophene rings is 1. The lowest BCUT2D eigenvalue weighted by Gasteiger charge is -2.35. The number of nitriles is 1. The molecule has 3 fully saturated rings.